The van der Waals surface area contributed by atoms with Crippen LogP contribution in [0.2, 0.25) is 0 Å². The Labute approximate surface area is 140 Å². The van der Waals surface area contributed by atoms with Gasteiger partial charge in [-0.25, -0.2) is 4.79 Å². The van der Waals surface area contributed by atoms with Gasteiger partial charge >= 0.3 is 6.03 Å². The van der Waals surface area contributed by atoms with Crippen molar-refractivity contribution in [2.45, 2.75) is 0 Å². The van der Waals surface area contributed by atoms with E-state index in [1.807, 2.05) is 72.8 Å². The Bertz CT molecular complexity index is 805. The number of pyridine rings is 1. The topological polar surface area (TPSA) is 57.6 Å². The Balaban J connectivity index is 1.85. The zero-order chi connectivity index (χ0) is 16.6. The SMILES string of the molecule is O=C(Nc1ccccc1)N(/N=C/c1ccncc1)c1ccccc1. The second-order valence-electron chi connectivity index (χ2n) is 4.97. The summed E-state index contributed by atoms with van der Waals surface area (Å²) in [6.45, 7) is 0. The standard InChI is InChI=1S/C19H16N4O/c24-19(22-17-7-3-1-4-8-17)23(18-9-5-2-6-10-18)21-15-16-11-13-20-14-12-16/h1-15H,(H,22,24)/b21-15+. The molecule has 5 heteroatoms. The highest BCUT2D eigenvalue weighted by molar-refractivity contribution is 6.02. The van der Waals surface area contributed by atoms with E-state index in [4.69, 9.17) is 0 Å². The number of carbonyl (C=O) groups excluding carboxylic acids is 1. The Morgan fingerprint density at radius 1 is 0.917 bits per heavy atom. The number of hydrazone groups is 1. The molecule has 0 bridgehead atoms. The normalized spacial score (nSPS) is 10.5. The molecule has 24 heavy (non-hydrogen) atoms. The molecular weight excluding hydrogens is 300 g/mol. The third-order valence-electron chi connectivity index (χ3n) is 3.25. The van der Waals surface area contributed by atoms with E-state index in [0.29, 0.717) is 11.4 Å². The van der Waals surface area contributed by atoms with Gasteiger partial charge in [0.25, 0.3) is 0 Å². The number of para-hydroxylation sites is 2. The van der Waals surface area contributed by atoms with Gasteiger partial charge in [-0.1, -0.05) is 36.4 Å². The van der Waals surface area contributed by atoms with Crippen molar-refractivity contribution in [3.63, 3.8) is 0 Å². The molecule has 0 spiro atoms. The van der Waals surface area contributed by atoms with Gasteiger partial charge in [-0.3, -0.25) is 4.98 Å². The van der Waals surface area contributed by atoms with Crippen LogP contribution in [-0.2, 0) is 0 Å². The molecule has 0 radical (unpaired) electrons. The maximum absolute atomic E-state index is 12.6. The second-order valence-corrected chi connectivity index (χ2v) is 4.97. The molecule has 2 amide bonds. The van der Waals surface area contributed by atoms with Crippen LogP contribution in [0.3, 0.4) is 0 Å². The van der Waals surface area contributed by atoms with Crippen LogP contribution in [0.5, 0.6) is 0 Å². The quantitative estimate of drug-likeness (QED) is 0.580. The zero-order valence-electron chi connectivity index (χ0n) is 12.9. The van der Waals surface area contributed by atoms with Gasteiger partial charge in [-0.05, 0) is 42.0 Å². The molecule has 2 aromatic carbocycles. The summed E-state index contributed by atoms with van der Waals surface area (Å²) in [7, 11) is 0. The minimum absolute atomic E-state index is 0.335. The fourth-order valence-corrected chi connectivity index (χ4v) is 2.08. The van der Waals surface area contributed by atoms with Crippen molar-refractivity contribution in [1.82, 2.24) is 4.98 Å². The molecule has 0 unspecified atom stereocenters. The van der Waals surface area contributed by atoms with Gasteiger partial charge in [0, 0.05) is 18.1 Å². The van der Waals surface area contributed by atoms with Gasteiger partial charge in [0.2, 0.25) is 0 Å². The van der Waals surface area contributed by atoms with Gasteiger partial charge in [0.05, 0.1) is 11.9 Å². The van der Waals surface area contributed by atoms with Crippen LogP contribution in [0, 0.1) is 0 Å². The first-order valence-corrected chi connectivity index (χ1v) is 7.48. The highest BCUT2D eigenvalue weighted by Crippen LogP contribution is 2.16. The number of anilines is 2. The molecule has 0 atom stereocenters. The van der Waals surface area contributed by atoms with Gasteiger partial charge < -0.3 is 5.32 Å². The smallest absolute Gasteiger partial charge is 0.306 e. The van der Waals surface area contributed by atoms with Crippen LogP contribution < -0.4 is 10.3 Å². The van der Waals surface area contributed by atoms with Gasteiger partial charge in [0.1, 0.15) is 0 Å². The van der Waals surface area contributed by atoms with Crippen molar-refractivity contribution in [3.8, 4) is 0 Å². The van der Waals surface area contributed by atoms with Crippen LogP contribution in [0.1, 0.15) is 5.56 Å². The van der Waals surface area contributed by atoms with Crippen LogP contribution in [-0.4, -0.2) is 17.2 Å². The van der Waals surface area contributed by atoms with Crippen molar-refractivity contribution in [2.24, 2.45) is 5.10 Å². The largest absolute Gasteiger partial charge is 0.347 e. The second kappa shape index (κ2) is 7.69. The summed E-state index contributed by atoms with van der Waals surface area (Å²) in [5, 5.41) is 8.49. The van der Waals surface area contributed by atoms with Crippen LogP contribution in [0.4, 0.5) is 16.2 Å². The molecule has 3 rings (SSSR count). The summed E-state index contributed by atoms with van der Waals surface area (Å²) in [5.74, 6) is 0. The Morgan fingerprint density at radius 2 is 1.54 bits per heavy atom. The summed E-state index contributed by atoms with van der Waals surface area (Å²) in [5.41, 5.74) is 2.25. The molecule has 0 saturated heterocycles. The highest BCUT2D eigenvalue weighted by atomic mass is 16.2. The Morgan fingerprint density at radius 3 is 2.21 bits per heavy atom. The molecule has 1 aromatic heterocycles. The van der Waals surface area contributed by atoms with E-state index in [1.165, 1.54) is 5.01 Å². The number of amides is 2. The Hall–Kier alpha value is -3.47. The van der Waals surface area contributed by atoms with E-state index in [2.05, 4.69) is 15.4 Å². The minimum atomic E-state index is -0.335. The van der Waals surface area contributed by atoms with E-state index in [1.54, 1.807) is 18.6 Å². The zero-order valence-corrected chi connectivity index (χ0v) is 12.9. The maximum atomic E-state index is 12.6. The number of aromatic nitrogens is 1. The molecule has 1 N–H and O–H groups in total. The van der Waals surface area contributed by atoms with Crippen molar-refractivity contribution < 1.29 is 4.79 Å². The highest BCUT2D eigenvalue weighted by Gasteiger charge is 2.14. The molecule has 0 fully saturated rings. The Kier molecular flexibility index (Phi) is 4.94. The lowest BCUT2D eigenvalue weighted by atomic mass is 10.3. The number of benzene rings is 2. The average Bonchev–Trinajstić information content (AvgIpc) is 2.64. The van der Waals surface area contributed by atoms with Gasteiger partial charge in [0.15, 0.2) is 0 Å². The number of hydrogen-bond acceptors (Lipinski definition) is 3. The molecule has 118 valence electrons. The van der Waals surface area contributed by atoms with Crippen molar-refractivity contribution in [3.05, 3.63) is 90.8 Å². The lowest BCUT2D eigenvalue weighted by molar-refractivity contribution is 0.257. The summed E-state index contributed by atoms with van der Waals surface area (Å²) in [4.78, 5) is 16.6. The van der Waals surface area contributed by atoms with Crippen molar-refractivity contribution in [1.29, 1.82) is 0 Å². The molecule has 1 heterocycles. The van der Waals surface area contributed by atoms with E-state index in [-0.39, 0.29) is 6.03 Å². The summed E-state index contributed by atoms with van der Waals surface area (Å²) < 4.78 is 0. The monoisotopic (exact) mass is 316 g/mol. The van der Waals surface area contributed by atoms with Gasteiger partial charge in [-0.15, -0.1) is 0 Å². The van der Waals surface area contributed by atoms with Crippen LogP contribution in [0.15, 0.2) is 90.3 Å². The summed E-state index contributed by atoms with van der Waals surface area (Å²) in [6.07, 6.45) is 4.98. The van der Waals surface area contributed by atoms with Crippen molar-refractivity contribution >= 4 is 23.6 Å². The first-order valence-electron chi connectivity index (χ1n) is 7.48. The third-order valence-corrected chi connectivity index (χ3v) is 3.25. The molecule has 0 saturated carbocycles. The average molecular weight is 316 g/mol. The van der Waals surface area contributed by atoms with E-state index >= 15 is 0 Å². The number of carbonyl (C=O) groups is 1. The minimum Gasteiger partial charge on any atom is -0.306 e. The lowest BCUT2D eigenvalue weighted by Gasteiger charge is -2.17. The number of nitrogens with zero attached hydrogens (tertiary/aromatic N) is 3. The molecule has 0 aliphatic heterocycles. The lowest BCUT2D eigenvalue weighted by Crippen LogP contribution is -2.30. The third kappa shape index (κ3) is 4.04. The van der Waals surface area contributed by atoms with Crippen molar-refractivity contribution in [2.75, 3.05) is 10.3 Å². The predicted molar refractivity (Wildman–Crippen MR) is 96.2 cm³/mol. The van der Waals surface area contributed by atoms with E-state index < -0.39 is 0 Å². The number of rotatable bonds is 4. The van der Waals surface area contributed by atoms with E-state index in [9.17, 15) is 4.79 Å². The van der Waals surface area contributed by atoms with Gasteiger partial charge in [-0.2, -0.15) is 10.1 Å². The number of nitrogens with one attached hydrogen (secondary N) is 1. The fourth-order valence-electron chi connectivity index (χ4n) is 2.08. The summed E-state index contributed by atoms with van der Waals surface area (Å²) in [6, 6.07) is 21.9. The fraction of sp³-hybridized carbons (Fsp3) is 0. The molecule has 5 nitrogen and oxygen atoms in total. The summed E-state index contributed by atoms with van der Waals surface area (Å²) >= 11 is 0. The molecule has 0 aliphatic carbocycles. The molecule has 3 aromatic rings. The van der Waals surface area contributed by atoms with E-state index in [0.717, 1.165) is 5.56 Å². The maximum Gasteiger partial charge on any atom is 0.347 e. The van der Waals surface area contributed by atoms with Crippen LogP contribution >= 0.6 is 0 Å². The molecular formula is C19H16N4O. The van der Waals surface area contributed by atoms with Crippen LogP contribution in [0.25, 0.3) is 0 Å². The number of urea groups is 1. The first kappa shape index (κ1) is 15.4. The number of hydrogen-bond donors (Lipinski definition) is 1. The predicted octanol–water partition coefficient (Wildman–Crippen LogP) is 4.15. The first-order chi connectivity index (χ1) is 11.8. The molecule has 0 aliphatic rings.